The van der Waals surface area contributed by atoms with Crippen molar-refractivity contribution in [1.82, 2.24) is 4.98 Å². The number of anilines is 1. The zero-order valence-electron chi connectivity index (χ0n) is 12.3. The molecule has 21 heavy (non-hydrogen) atoms. The van der Waals surface area contributed by atoms with Gasteiger partial charge in [0.15, 0.2) is 0 Å². The largest absolute Gasteiger partial charge is 0.478 e. The lowest BCUT2D eigenvalue weighted by Gasteiger charge is -2.13. The second-order valence-corrected chi connectivity index (χ2v) is 5.16. The Morgan fingerprint density at radius 2 is 2.05 bits per heavy atom. The van der Waals surface area contributed by atoms with Gasteiger partial charge in [-0.15, -0.1) is 0 Å². The molecule has 2 aromatic rings. The van der Waals surface area contributed by atoms with Crippen LogP contribution in [0, 0.1) is 6.92 Å². The average molecular weight is 286 g/mol. The number of hydrogen-bond donors (Lipinski definition) is 2. The number of benzene rings is 1. The molecule has 0 radical (unpaired) electrons. The van der Waals surface area contributed by atoms with Crippen molar-refractivity contribution in [1.29, 1.82) is 0 Å². The van der Waals surface area contributed by atoms with Crippen LogP contribution in [-0.4, -0.2) is 16.1 Å². The second-order valence-electron chi connectivity index (χ2n) is 5.16. The highest BCUT2D eigenvalue weighted by Gasteiger charge is 2.14. The van der Waals surface area contributed by atoms with E-state index in [0.29, 0.717) is 11.7 Å². The summed E-state index contributed by atoms with van der Waals surface area (Å²) >= 11 is 0. The molecule has 5 heteroatoms. The van der Waals surface area contributed by atoms with E-state index in [0.717, 1.165) is 5.56 Å². The van der Waals surface area contributed by atoms with E-state index < -0.39 is 5.97 Å². The van der Waals surface area contributed by atoms with Gasteiger partial charge in [0.25, 0.3) is 0 Å². The van der Waals surface area contributed by atoms with Crippen LogP contribution in [0.4, 0.5) is 5.69 Å². The number of nitrogens with two attached hydrogens (primary N) is 1. The molecule has 1 heterocycles. The van der Waals surface area contributed by atoms with Gasteiger partial charge in [-0.2, -0.15) is 0 Å². The molecule has 1 aromatic heterocycles. The molecule has 0 aliphatic rings. The second kappa shape index (κ2) is 5.83. The first-order valence-electron chi connectivity index (χ1n) is 6.66. The quantitative estimate of drug-likeness (QED) is 0.897. The van der Waals surface area contributed by atoms with Crippen LogP contribution in [0.5, 0.6) is 11.6 Å². The highest BCUT2D eigenvalue weighted by Crippen LogP contribution is 2.30. The molecule has 2 rings (SSSR count). The summed E-state index contributed by atoms with van der Waals surface area (Å²) in [4.78, 5) is 15.0. The number of aryl methyl sites for hydroxylation is 1. The van der Waals surface area contributed by atoms with Crippen molar-refractivity contribution in [3.05, 3.63) is 47.2 Å². The fraction of sp³-hybridized carbons (Fsp3) is 0.250. The van der Waals surface area contributed by atoms with E-state index in [4.69, 9.17) is 15.6 Å². The minimum atomic E-state index is -1.11. The predicted octanol–water partition coefficient (Wildman–Crippen LogP) is 3.59. The molecule has 0 spiro atoms. The number of rotatable bonds is 4. The zero-order chi connectivity index (χ0) is 15.6. The topological polar surface area (TPSA) is 85.4 Å². The van der Waals surface area contributed by atoms with Crippen molar-refractivity contribution in [2.75, 3.05) is 5.73 Å². The number of aromatic carboxylic acids is 1. The zero-order valence-corrected chi connectivity index (χ0v) is 12.3. The van der Waals surface area contributed by atoms with Crippen molar-refractivity contribution in [2.24, 2.45) is 0 Å². The maximum atomic E-state index is 11.0. The number of pyridine rings is 1. The summed E-state index contributed by atoms with van der Waals surface area (Å²) in [6, 6.07) is 7.06. The van der Waals surface area contributed by atoms with Crippen LogP contribution in [0.1, 0.15) is 41.3 Å². The summed E-state index contributed by atoms with van der Waals surface area (Å²) in [7, 11) is 0. The lowest BCUT2D eigenvalue weighted by Crippen LogP contribution is -2.05. The number of nitrogens with zero attached hydrogens (tertiary/aromatic N) is 1. The van der Waals surface area contributed by atoms with Crippen LogP contribution in [0.25, 0.3) is 0 Å². The number of carboxylic acids is 1. The summed E-state index contributed by atoms with van der Waals surface area (Å²) in [6.45, 7) is 6.25. The van der Waals surface area contributed by atoms with Crippen LogP contribution in [0.15, 0.2) is 30.5 Å². The lowest BCUT2D eigenvalue weighted by atomic mass is 9.98. The van der Waals surface area contributed by atoms with Crippen molar-refractivity contribution < 1.29 is 14.6 Å². The molecule has 0 aliphatic carbocycles. The van der Waals surface area contributed by atoms with Crippen molar-refractivity contribution in [3.8, 4) is 11.6 Å². The minimum Gasteiger partial charge on any atom is -0.478 e. The van der Waals surface area contributed by atoms with E-state index in [1.807, 2.05) is 25.1 Å². The Bertz CT molecular complexity index is 681. The molecule has 0 saturated heterocycles. The number of carboxylic acid groups (broad SMARTS) is 1. The van der Waals surface area contributed by atoms with E-state index in [2.05, 4.69) is 18.8 Å². The van der Waals surface area contributed by atoms with Crippen molar-refractivity contribution in [2.45, 2.75) is 26.7 Å². The Hall–Kier alpha value is -2.56. The van der Waals surface area contributed by atoms with Crippen molar-refractivity contribution >= 4 is 11.7 Å². The normalized spacial score (nSPS) is 10.7. The summed E-state index contributed by atoms with van der Waals surface area (Å²) in [5.74, 6) is 0.00825. The fourth-order valence-electron chi connectivity index (χ4n) is 2.19. The van der Waals surface area contributed by atoms with Crippen LogP contribution < -0.4 is 10.5 Å². The maximum absolute atomic E-state index is 11.0. The van der Waals surface area contributed by atoms with Gasteiger partial charge in [0.1, 0.15) is 11.4 Å². The van der Waals surface area contributed by atoms with Crippen LogP contribution in [-0.2, 0) is 0 Å². The first-order valence-corrected chi connectivity index (χ1v) is 6.66. The Morgan fingerprint density at radius 1 is 1.33 bits per heavy atom. The number of ether oxygens (including phenoxy) is 1. The molecule has 0 atom stereocenters. The molecule has 0 saturated carbocycles. The molecular formula is C16H18N2O3. The molecule has 0 unspecified atom stereocenters. The molecule has 0 aliphatic heterocycles. The smallest absolute Gasteiger partial charge is 0.338 e. The highest BCUT2D eigenvalue weighted by molar-refractivity contribution is 5.94. The van der Waals surface area contributed by atoms with Gasteiger partial charge in [0, 0.05) is 6.20 Å². The maximum Gasteiger partial charge on any atom is 0.338 e. The Kier molecular flexibility index (Phi) is 4.12. The van der Waals surface area contributed by atoms with Crippen molar-refractivity contribution in [3.63, 3.8) is 0 Å². The molecule has 0 amide bonds. The number of nitrogen functional groups attached to an aromatic ring is 1. The van der Waals surface area contributed by atoms with E-state index in [1.54, 1.807) is 0 Å². The van der Waals surface area contributed by atoms with Gasteiger partial charge < -0.3 is 15.6 Å². The first-order chi connectivity index (χ1) is 9.90. The lowest BCUT2D eigenvalue weighted by molar-refractivity contribution is 0.0697. The molecular weight excluding hydrogens is 268 g/mol. The fourth-order valence-corrected chi connectivity index (χ4v) is 2.19. The first kappa shape index (κ1) is 14.8. The van der Waals surface area contributed by atoms with E-state index in [1.165, 1.54) is 17.8 Å². The third-order valence-electron chi connectivity index (χ3n) is 3.26. The van der Waals surface area contributed by atoms with Gasteiger partial charge >= 0.3 is 5.97 Å². The van der Waals surface area contributed by atoms with Crippen LogP contribution in [0.3, 0.4) is 0 Å². The third kappa shape index (κ3) is 3.13. The number of hydrogen-bond acceptors (Lipinski definition) is 4. The number of carbonyl (C=O) groups is 1. The van der Waals surface area contributed by atoms with E-state index >= 15 is 0 Å². The standard InChI is InChI=1S/C16H18N2O3/c1-9(2)12-5-4-11(8-10(12)3)21-15-14(17)13(16(19)20)6-7-18-15/h4-9H,17H2,1-3H3,(H,19,20). The average Bonchev–Trinajstić information content (AvgIpc) is 2.40. The van der Waals surface area contributed by atoms with E-state index in [9.17, 15) is 4.79 Å². The molecule has 0 fully saturated rings. The summed E-state index contributed by atoms with van der Waals surface area (Å²) in [5, 5.41) is 9.03. The highest BCUT2D eigenvalue weighted by atomic mass is 16.5. The van der Waals surface area contributed by atoms with Gasteiger partial charge in [0.2, 0.25) is 5.88 Å². The van der Waals surface area contributed by atoms with Crippen LogP contribution >= 0.6 is 0 Å². The minimum absolute atomic E-state index is 0.0180. The van der Waals surface area contributed by atoms with Gasteiger partial charge in [-0.25, -0.2) is 9.78 Å². The Balaban J connectivity index is 2.33. The predicted molar refractivity (Wildman–Crippen MR) is 81.0 cm³/mol. The molecule has 1 aromatic carbocycles. The third-order valence-corrected chi connectivity index (χ3v) is 3.26. The SMILES string of the molecule is Cc1cc(Oc2nccc(C(=O)O)c2N)ccc1C(C)C. The molecule has 5 nitrogen and oxygen atoms in total. The number of aromatic nitrogens is 1. The molecule has 110 valence electrons. The van der Waals surface area contributed by atoms with Gasteiger partial charge in [-0.05, 0) is 42.2 Å². The molecule has 0 bridgehead atoms. The molecule has 3 N–H and O–H groups in total. The summed E-state index contributed by atoms with van der Waals surface area (Å²) in [5.41, 5.74) is 8.13. The van der Waals surface area contributed by atoms with Crippen LogP contribution in [0.2, 0.25) is 0 Å². The summed E-state index contributed by atoms with van der Waals surface area (Å²) < 4.78 is 5.62. The van der Waals surface area contributed by atoms with Gasteiger partial charge in [0.05, 0.1) is 5.56 Å². The Labute approximate surface area is 123 Å². The monoisotopic (exact) mass is 286 g/mol. The Morgan fingerprint density at radius 3 is 2.62 bits per heavy atom. The van der Waals surface area contributed by atoms with E-state index in [-0.39, 0.29) is 17.1 Å². The van der Waals surface area contributed by atoms with Gasteiger partial charge in [-0.1, -0.05) is 19.9 Å². The summed E-state index contributed by atoms with van der Waals surface area (Å²) in [6.07, 6.45) is 1.37. The van der Waals surface area contributed by atoms with Gasteiger partial charge in [-0.3, -0.25) is 0 Å².